The highest BCUT2D eigenvalue weighted by molar-refractivity contribution is 7.89. The molecule has 1 rings (SSSR count). The fraction of sp³-hybridized carbons (Fsp3) is 0.571. The van der Waals surface area contributed by atoms with Crippen molar-refractivity contribution in [3.63, 3.8) is 0 Å². The van der Waals surface area contributed by atoms with Crippen LogP contribution in [0, 0.1) is 0 Å². The molecule has 0 saturated heterocycles. The number of sulfonamides is 1. The Morgan fingerprint density at radius 2 is 2.00 bits per heavy atom. The number of nitrogens with one attached hydrogen (secondary N) is 1. The maximum atomic E-state index is 12.3. The van der Waals surface area contributed by atoms with Gasteiger partial charge in [-0.1, -0.05) is 44.2 Å². The Labute approximate surface area is 126 Å². The van der Waals surface area contributed by atoms with Crippen LogP contribution >= 0.6 is 11.6 Å². The number of benzene rings is 1. The van der Waals surface area contributed by atoms with E-state index in [-0.39, 0.29) is 16.0 Å². The quantitative estimate of drug-likeness (QED) is 0.568. The number of nitrogens with two attached hydrogens (primary N) is 1. The third-order valence-electron chi connectivity index (χ3n) is 3.09. The lowest BCUT2D eigenvalue weighted by Gasteiger charge is -2.15. The van der Waals surface area contributed by atoms with Crippen molar-refractivity contribution in [2.45, 2.75) is 56.9 Å². The first-order valence-electron chi connectivity index (χ1n) is 6.94. The van der Waals surface area contributed by atoms with Crippen LogP contribution in [-0.2, 0) is 10.0 Å². The molecule has 0 aliphatic carbocycles. The van der Waals surface area contributed by atoms with Crippen LogP contribution in [0.15, 0.2) is 23.1 Å². The van der Waals surface area contributed by atoms with E-state index in [2.05, 4.69) is 11.6 Å². The standard InChI is InChI=1S/C14H23ClN2O2S/c1-3-4-5-6-7-11(2)17-20(18,19)14-10-12(16)8-9-13(14)15/h8-11,17H,3-7,16H2,1-2H3. The Hall–Kier alpha value is -0.780. The Kier molecular flexibility index (Phi) is 6.79. The van der Waals surface area contributed by atoms with Crippen molar-refractivity contribution in [1.29, 1.82) is 0 Å². The first-order valence-corrected chi connectivity index (χ1v) is 8.80. The molecule has 1 unspecified atom stereocenters. The highest BCUT2D eigenvalue weighted by Crippen LogP contribution is 2.24. The van der Waals surface area contributed by atoms with Crippen LogP contribution in [0.3, 0.4) is 0 Å². The summed E-state index contributed by atoms with van der Waals surface area (Å²) in [5.41, 5.74) is 6.00. The van der Waals surface area contributed by atoms with Crippen LogP contribution in [0.25, 0.3) is 0 Å². The summed E-state index contributed by atoms with van der Waals surface area (Å²) in [5.74, 6) is 0. The lowest BCUT2D eigenvalue weighted by atomic mass is 10.1. The third kappa shape index (κ3) is 5.31. The van der Waals surface area contributed by atoms with Crippen molar-refractivity contribution in [3.05, 3.63) is 23.2 Å². The van der Waals surface area contributed by atoms with Gasteiger partial charge in [0, 0.05) is 11.7 Å². The van der Waals surface area contributed by atoms with Crippen LogP contribution in [0.1, 0.15) is 46.0 Å². The van der Waals surface area contributed by atoms with E-state index in [0.29, 0.717) is 5.69 Å². The molecule has 20 heavy (non-hydrogen) atoms. The Morgan fingerprint density at radius 3 is 2.65 bits per heavy atom. The van der Waals surface area contributed by atoms with Gasteiger partial charge in [0.25, 0.3) is 0 Å². The molecular formula is C14H23ClN2O2S. The van der Waals surface area contributed by atoms with Crippen LogP contribution < -0.4 is 10.5 Å². The Balaban J connectivity index is 2.67. The average molecular weight is 319 g/mol. The van der Waals surface area contributed by atoms with E-state index in [1.54, 1.807) is 6.07 Å². The Bertz CT molecular complexity index is 532. The summed E-state index contributed by atoms with van der Waals surface area (Å²) in [5, 5.41) is 0.185. The molecular weight excluding hydrogens is 296 g/mol. The predicted molar refractivity (Wildman–Crippen MR) is 84.4 cm³/mol. The molecule has 0 aliphatic heterocycles. The topological polar surface area (TPSA) is 72.2 Å². The van der Waals surface area contributed by atoms with Gasteiger partial charge in [0.15, 0.2) is 0 Å². The molecule has 4 nitrogen and oxygen atoms in total. The summed E-state index contributed by atoms with van der Waals surface area (Å²) < 4.78 is 27.2. The van der Waals surface area contributed by atoms with Gasteiger partial charge in [-0.25, -0.2) is 13.1 Å². The normalized spacial score (nSPS) is 13.3. The number of rotatable bonds is 8. The van der Waals surface area contributed by atoms with E-state index in [9.17, 15) is 8.42 Å². The fourth-order valence-corrected chi connectivity index (χ4v) is 3.80. The molecule has 0 aromatic heterocycles. The van der Waals surface area contributed by atoms with Gasteiger partial charge in [0.2, 0.25) is 10.0 Å². The maximum absolute atomic E-state index is 12.3. The summed E-state index contributed by atoms with van der Waals surface area (Å²) in [7, 11) is -3.62. The number of nitrogen functional groups attached to an aromatic ring is 1. The number of hydrogen-bond acceptors (Lipinski definition) is 3. The minimum absolute atomic E-state index is 0.0413. The van der Waals surface area contributed by atoms with Crippen LogP contribution in [0.5, 0.6) is 0 Å². The molecule has 0 spiro atoms. The zero-order chi connectivity index (χ0) is 15.2. The van der Waals surface area contributed by atoms with Crippen molar-refractivity contribution in [1.82, 2.24) is 4.72 Å². The van der Waals surface area contributed by atoms with E-state index in [4.69, 9.17) is 17.3 Å². The van der Waals surface area contributed by atoms with Crippen molar-refractivity contribution in [3.8, 4) is 0 Å². The SMILES string of the molecule is CCCCCCC(C)NS(=O)(=O)c1cc(N)ccc1Cl. The minimum Gasteiger partial charge on any atom is -0.399 e. The number of hydrogen-bond donors (Lipinski definition) is 2. The van der Waals surface area contributed by atoms with Gasteiger partial charge >= 0.3 is 0 Å². The molecule has 0 radical (unpaired) electrons. The molecule has 0 saturated carbocycles. The summed E-state index contributed by atoms with van der Waals surface area (Å²) in [4.78, 5) is 0.0413. The summed E-state index contributed by atoms with van der Waals surface area (Å²) in [6, 6.07) is 4.34. The monoisotopic (exact) mass is 318 g/mol. The molecule has 114 valence electrons. The van der Waals surface area contributed by atoms with E-state index in [0.717, 1.165) is 19.3 Å². The molecule has 0 amide bonds. The van der Waals surface area contributed by atoms with Crippen LogP contribution in [-0.4, -0.2) is 14.5 Å². The van der Waals surface area contributed by atoms with Gasteiger partial charge in [-0.3, -0.25) is 0 Å². The molecule has 0 fully saturated rings. The van der Waals surface area contributed by atoms with E-state index in [1.165, 1.54) is 25.0 Å². The smallest absolute Gasteiger partial charge is 0.242 e. The van der Waals surface area contributed by atoms with Gasteiger partial charge in [-0.2, -0.15) is 0 Å². The molecule has 1 aromatic rings. The van der Waals surface area contributed by atoms with Crippen molar-refractivity contribution >= 4 is 27.3 Å². The second-order valence-electron chi connectivity index (χ2n) is 5.06. The molecule has 0 bridgehead atoms. The summed E-state index contributed by atoms with van der Waals surface area (Å²) in [6.45, 7) is 4.01. The number of anilines is 1. The second kappa shape index (κ2) is 7.86. The zero-order valence-corrected chi connectivity index (χ0v) is 13.6. The summed E-state index contributed by atoms with van der Waals surface area (Å²) in [6.07, 6.45) is 5.31. The van der Waals surface area contributed by atoms with Gasteiger partial charge in [0.1, 0.15) is 4.90 Å². The predicted octanol–water partition coefficient (Wildman–Crippen LogP) is 3.56. The van der Waals surface area contributed by atoms with Crippen LogP contribution in [0.4, 0.5) is 5.69 Å². The highest BCUT2D eigenvalue weighted by Gasteiger charge is 2.20. The van der Waals surface area contributed by atoms with Crippen LogP contribution in [0.2, 0.25) is 5.02 Å². The van der Waals surface area contributed by atoms with Gasteiger partial charge in [-0.15, -0.1) is 0 Å². The van der Waals surface area contributed by atoms with E-state index >= 15 is 0 Å². The number of unbranched alkanes of at least 4 members (excludes halogenated alkanes) is 3. The van der Waals surface area contributed by atoms with Gasteiger partial charge in [-0.05, 0) is 31.5 Å². The third-order valence-corrected chi connectivity index (χ3v) is 5.16. The number of halogens is 1. The first kappa shape index (κ1) is 17.3. The highest BCUT2D eigenvalue weighted by atomic mass is 35.5. The molecule has 1 atom stereocenters. The second-order valence-corrected chi connectivity index (χ2v) is 7.15. The lowest BCUT2D eigenvalue weighted by Crippen LogP contribution is -2.32. The molecule has 3 N–H and O–H groups in total. The van der Waals surface area contributed by atoms with Gasteiger partial charge < -0.3 is 5.73 Å². The fourth-order valence-electron chi connectivity index (χ4n) is 1.99. The largest absolute Gasteiger partial charge is 0.399 e. The molecule has 6 heteroatoms. The molecule has 1 aromatic carbocycles. The summed E-state index contributed by atoms with van der Waals surface area (Å²) >= 11 is 5.94. The minimum atomic E-state index is -3.62. The molecule has 0 heterocycles. The van der Waals surface area contributed by atoms with Crippen molar-refractivity contribution in [2.24, 2.45) is 0 Å². The molecule has 0 aliphatic rings. The van der Waals surface area contributed by atoms with Gasteiger partial charge in [0.05, 0.1) is 5.02 Å². The van der Waals surface area contributed by atoms with E-state index < -0.39 is 10.0 Å². The average Bonchev–Trinajstić information content (AvgIpc) is 2.37. The zero-order valence-electron chi connectivity index (χ0n) is 12.0. The first-order chi connectivity index (χ1) is 9.36. The Morgan fingerprint density at radius 1 is 1.30 bits per heavy atom. The lowest BCUT2D eigenvalue weighted by molar-refractivity contribution is 0.522. The van der Waals surface area contributed by atoms with E-state index in [1.807, 2.05) is 6.92 Å². The van der Waals surface area contributed by atoms with Crippen molar-refractivity contribution in [2.75, 3.05) is 5.73 Å². The maximum Gasteiger partial charge on any atom is 0.242 e. The van der Waals surface area contributed by atoms with Crippen molar-refractivity contribution < 1.29 is 8.42 Å².